The number of fused-ring (bicyclic) bond motifs is 2. The number of nitrogens with one attached hydrogen (secondary N) is 2. The SMILES string of the molecule is Cc1cc2ccccc2n1CCCNC(=O)Cc1c[nH]c2ccccc12. The van der Waals surface area contributed by atoms with Gasteiger partial charge in [0.05, 0.1) is 6.42 Å². The van der Waals surface area contributed by atoms with Crippen molar-refractivity contribution in [1.82, 2.24) is 14.9 Å². The third-order valence-electron chi connectivity index (χ3n) is 4.92. The summed E-state index contributed by atoms with van der Waals surface area (Å²) in [6.07, 6.45) is 3.26. The molecule has 4 rings (SSSR count). The van der Waals surface area contributed by atoms with Crippen LogP contribution in [-0.4, -0.2) is 22.0 Å². The van der Waals surface area contributed by atoms with E-state index in [-0.39, 0.29) is 5.91 Å². The molecule has 0 radical (unpaired) electrons. The number of carbonyl (C=O) groups excluding carboxylic acids is 1. The molecule has 0 aliphatic heterocycles. The van der Waals surface area contributed by atoms with Gasteiger partial charge in [0.15, 0.2) is 0 Å². The molecular weight excluding hydrogens is 322 g/mol. The average Bonchev–Trinajstić information content (AvgIpc) is 3.20. The van der Waals surface area contributed by atoms with Gasteiger partial charge in [-0.3, -0.25) is 4.79 Å². The summed E-state index contributed by atoms with van der Waals surface area (Å²) in [6.45, 7) is 3.73. The van der Waals surface area contributed by atoms with Crippen LogP contribution in [0.3, 0.4) is 0 Å². The number of hydrogen-bond acceptors (Lipinski definition) is 1. The number of amides is 1. The predicted molar refractivity (Wildman–Crippen MR) is 106 cm³/mol. The second-order valence-electron chi connectivity index (χ2n) is 6.74. The van der Waals surface area contributed by atoms with Crippen molar-refractivity contribution in [3.05, 3.63) is 72.1 Å². The number of aromatic amines is 1. The van der Waals surface area contributed by atoms with Gasteiger partial charge >= 0.3 is 0 Å². The van der Waals surface area contributed by atoms with Crippen molar-refractivity contribution in [1.29, 1.82) is 0 Å². The van der Waals surface area contributed by atoms with Crippen LogP contribution in [0.5, 0.6) is 0 Å². The minimum absolute atomic E-state index is 0.0730. The summed E-state index contributed by atoms with van der Waals surface area (Å²) in [5.41, 5.74) is 4.64. The first-order chi connectivity index (χ1) is 12.7. The second-order valence-corrected chi connectivity index (χ2v) is 6.74. The summed E-state index contributed by atoms with van der Waals surface area (Å²) in [5.74, 6) is 0.0730. The van der Waals surface area contributed by atoms with Crippen LogP contribution in [0.1, 0.15) is 17.7 Å². The molecule has 0 aliphatic carbocycles. The number of hydrogen-bond donors (Lipinski definition) is 2. The van der Waals surface area contributed by atoms with Crippen molar-refractivity contribution in [3.63, 3.8) is 0 Å². The number of benzene rings is 2. The molecular formula is C22H23N3O. The Hall–Kier alpha value is -3.01. The molecule has 2 aromatic heterocycles. The van der Waals surface area contributed by atoms with Crippen LogP contribution in [0.4, 0.5) is 0 Å². The molecule has 0 saturated heterocycles. The van der Waals surface area contributed by atoms with Gasteiger partial charge in [0.1, 0.15) is 0 Å². The summed E-state index contributed by atoms with van der Waals surface area (Å²) in [6, 6.07) is 18.7. The van der Waals surface area contributed by atoms with E-state index in [1.54, 1.807) is 0 Å². The van der Waals surface area contributed by atoms with Crippen LogP contribution < -0.4 is 5.32 Å². The van der Waals surface area contributed by atoms with Crippen molar-refractivity contribution in [2.24, 2.45) is 0 Å². The Morgan fingerprint density at radius 2 is 1.92 bits per heavy atom. The minimum Gasteiger partial charge on any atom is -0.361 e. The molecule has 1 amide bonds. The van der Waals surface area contributed by atoms with Gasteiger partial charge in [-0.2, -0.15) is 0 Å². The molecule has 0 saturated carbocycles. The van der Waals surface area contributed by atoms with E-state index in [0.29, 0.717) is 13.0 Å². The van der Waals surface area contributed by atoms with Crippen molar-refractivity contribution in [2.45, 2.75) is 26.3 Å². The quantitative estimate of drug-likeness (QED) is 0.506. The molecule has 0 fully saturated rings. The molecule has 0 spiro atoms. The van der Waals surface area contributed by atoms with Crippen LogP contribution >= 0.6 is 0 Å². The number of H-pyrrole nitrogens is 1. The third kappa shape index (κ3) is 3.23. The number of nitrogens with zero attached hydrogens (tertiary/aromatic N) is 1. The Kier molecular flexibility index (Phi) is 4.48. The highest BCUT2D eigenvalue weighted by Crippen LogP contribution is 2.20. The lowest BCUT2D eigenvalue weighted by Gasteiger charge is -2.09. The zero-order valence-electron chi connectivity index (χ0n) is 15.0. The molecule has 0 atom stereocenters. The normalized spacial score (nSPS) is 11.3. The molecule has 132 valence electrons. The average molecular weight is 345 g/mol. The smallest absolute Gasteiger partial charge is 0.224 e. The molecule has 0 unspecified atom stereocenters. The Bertz CT molecular complexity index is 1060. The second kappa shape index (κ2) is 7.08. The fraction of sp³-hybridized carbons (Fsp3) is 0.227. The minimum atomic E-state index is 0.0730. The van der Waals surface area contributed by atoms with E-state index in [1.807, 2.05) is 30.5 Å². The van der Waals surface area contributed by atoms with Crippen molar-refractivity contribution >= 4 is 27.7 Å². The van der Waals surface area contributed by atoms with Crippen molar-refractivity contribution in [2.75, 3.05) is 6.54 Å². The Morgan fingerprint density at radius 1 is 1.12 bits per heavy atom. The Balaban J connectivity index is 1.32. The van der Waals surface area contributed by atoms with Crippen LogP contribution in [0, 0.1) is 6.92 Å². The molecule has 4 nitrogen and oxygen atoms in total. The molecule has 26 heavy (non-hydrogen) atoms. The van der Waals surface area contributed by atoms with E-state index in [2.05, 4.69) is 52.1 Å². The van der Waals surface area contributed by atoms with Gasteiger partial charge in [0.2, 0.25) is 5.91 Å². The highest BCUT2D eigenvalue weighted by Gasteiger charge is 2.09. The van der Waals surface area contributed by atoms with E-state index in [0.717, 1.165) is 29.4 Å². The van der Waals surface area contributed by atoms with E-state index < -0.39 is 0 Å². The topological polar surface area (TPSA) is 49.8 Å². The van der Waals surface area contributed by atoms with Gasteiger partial charge in [-0.15, -0.1) is 0 Å². The lowest BCUT2D eigenvalue weighted by atomic mass is 10.1. The molecule has 0 bridgehead atoms. The lowest BCUT2D eigenvalue weighted by molar-refractivity contribution is -0.120. The van der Waals surface area contributed by atoms with Crippen LogP contribution in [0.15, 0.2) is 60.8 Å². The molecule has 0 aliphatic rings. The maximum absolute atomic E-state index is 12.3. The monoisotopic (exact) mass is 345 g/mol. The van der Waals surface area contributed by atoms with Gasteiger partial charge in [-0.1, -0.05) is 36.4 Å². The highest BCUT2D eigenvalue weighted by atomic mass is 16.1. The first-order valence-corrected chi connectivity index (χ1v) is 9.09. The number of rotatable bonds is 6. The Labute approximate surface area is 152 Å². The van der Waals surface area contributed by atoms with E-state index >= 15 is 0 Å². The number of aryl methyl sites for hydroxylation is 2. The summed E-state index contributed by atoms with van der Waals surface area (Å²) in [7, 11) is 0. The first kappa shape index (κ1) is 16.5. The summed E-state index contributed by atoms with van der Waals surface area (Å²) in [5, 5.41) is 5.44. The maximum Gasteiger partial charge on any atom is 0.224 e. The Morgan fingerprint density at radius 3 is 2.85 bits per heavy atom. The molecule has 2 heterocycles. The summed E-state index contributed by atoms with van der Waals surface area (Å²) < 4.78 is 2.32. The van der Waals surface area contributed by atoms with Crippen LogP contribution in [0.25, 0.3) is 21.8 Å². The highest BCUT2D eigenvalue weighted by molar-refractivity contribution is 5.88. The van der Waals surface area contributed by atoms with E-state index in [4.69, 9.17) is 0 Å². The zero-order chi connectivity index (χ0) is 17.9. The predicted octanol–water partition coefficient (Wildman–Crippen LogP) is 4.18. The van der Waals surface area contributed by atoms with Crippen LogP contribution in [-0.2, 0) is 17.8 Å². The largest absolute Gasteiger partial charge is 0.361 e. The summed E-state index contributed by atoms with van der Waals surface area (Å²) in [4.78, 5) is 15.5. The summed E-state index contributed by atoms with van der Waals surface area (Å²) >= 11 is 0. The first-order valence-electron chi connectivity index (χ1n) is 9.09. The van der Waals surface area contributed by atoms with Crippen LogP contribution in [0.2, 0.25) is 0 Å². The van der Waals surface area contributed by atoms with Crippen molar-refractivity contribution < 1.29 is 4.79 Å². The fourth-order valence-electron chi connectivity index (χ4n) is 3.62. The number of carbonyl (C=O) groups is 1. The standard InChI is InChI=1S/C22H23N3O/c1-16-13-17-7-2-5-10-21(17)25(16)12-6-11-23-22(26)14-18-15-24-20-9-4-3-8-19(18)20/h2-5,7-10,13,15,24H,6,11-12,14H2,1H3,(H,23,26). The van der Waals surface area contributed by atoms with Gasteiger partial charge in [-0.25, -0.2) is 0 Å². The number of para-hydroxylation sites is 2. The molecule has 4 heteroatoms. The van der Waals surface area contributed by atoms with Gasteiger partial charge in [-0.05, 0) is 42.5 Å². The van der Waals surface area contributed by atoms with Crippen molar-refractivity contribution in [3.8, 4) is 0 Å². The van der Waals surface area contributed by atoms with Gasteiger partial charge in [0.25, 0.3) is 0 Å². The van der Waals surface area contributed by atoms with E-state index in [9.17, 15) is 4.79 Å². The fourth-order valence-corrected chi connectivity index (χ4v) is 3.62. The molecule has 2 N–H and O–H groups in total. The maximum atomic E-state index is 12.3. The molecule has 4 aromatic rings. The van der Waals surface area contributed by atoms with E-state index in [1.165, 1.54) is 16.6 Å². The molecule has 2 aromatic carbocycles. The van der Waals surface area contributed by atoms with Gasteiger partial charge in [0, 0.05) is 41.4 Å². The number of aromatic nitrogens is 2. The zero-order valence-corrected chi connectivity index (χ0v) is 15.0. The third-order valence-corrected chi connectivity index (χ3v) is 4.92. The van der Waals surface area contributed by atoms with Gasteiger partial charge < -0.3 is 14.9 Å². The lowest BCUT2D eigenvalue weighted by Crippen LogP contribution is -2.26.